The van der Waals surface area contributed by atoms with Gasteiger partial charge in [-0.2, -0.15) is 0 Å². The smallest absolute Gasteiger partial charge is 0.323 e. The molecular weight excluding hydrogens is 470 g/mol. The van der Waals surface area contributed by atoms with Gasteiger partial charge in [-0.3, -0.25) is 0 Å². The van der Waals surface area contributed by atoms with E-state index in [9.17, 15) is 9.18 Å². The van der Waals surface area contributed by atoms with Gasteiger partial charge in [-0.1, -0.05) is 35.3 Å². The summed E-state index contributed by atoms with van der Waals surface area (Å²) in [4.78, 5) is 24.1. The average Bonchev–Trinajstić information content (AvgIpc) is 2.80. The van der Waals surface area contributed by atoms with Gasteiger partial charge in [0.25, 0.3) is 0 Å². The maximum absolute atomic E-state index is 13.5. The lowest BCUT2D eigenvalue weighted by atomic mass is 10.1. The minimum absolute atomic E-state index is 0.0681. The fourth-order valence-electron chi connectivity index (χ4n) is 2.80. The third kappa shape index (κ3) is 5.65. The van der Waals surface area contributed by atoms with Crippen LogP contribution in [0.2, 0.25) is 10.0 Å². The van der Waals surface area contributed by atoms with Crippen LogP contribution in [0.1, 0.15) is 0 Å². The first kappa shape index (κ1) is 22.3. The highest BCUT2D eigenvalue weighted by atomic mass is 35.5. The second-order valence-electron chi connectivity index (χ2n) is 6.67. The number of hydrogen-bond donors (Lipinski definition) is 3. The van der Waals surface area contributed by atoms with E-state index in [1.807, 2.05) is 0 Å². The molecule has 11 heteroatoms. The Balaban J connectivity index is 1.38. The molecule has 0 aliphatic heterocycles. The second kappa shape index (κ2) is 9.68. The summed E-state index contributed by atoms with van der Waals surface area (Å²) in [5.41, 5.74) is 7.67. The number of anilines is 3. The molecule has 2 aromatic heterocycles. The van der Waals surface area contributed by atoms with Crippen LogP contribution in [0.15, 0.2) is 67.1 Å². The number of rotatable bonds is 5. The molecule has 8 nitrogen and oxygen atoms in total. The largest absolute Gasteiger partial charge is 0.424 e. The highest BCUT2D eigenvalue weighted by Gasteiger charge is 2.09. The van der Waals surface area contributed by atoms with Crippen LogP contribution in [-0.2, 0) is 0 Å². The van der Waals surface area contributed by atoms with E-state index in [-0.39, 0.29) is 11.8 Å². The molecule has 0 saturated heterocycles. The predicted molar refractivity (Wildman–Crippen MR) is 125 cm³/mol. The van der Waals surface area contributed by atoms with Crippen molar-refractivity contribution in [2.24, 2.45) is 0 Å². The number of aromatic nitrogens is 3. The molecule has 4 N–H and O–H groups in total. The molecule has 0 bridgehead atoms. The maximum Gasteiger partial charge on any atom is 0.323 e. The number of hydrogen-bond acceptors (Lipinski definition) is 6. The third-order valence-electron chi connectivity index (χ3n) is 4.32. The third-order valence-corrected chi connectivity index (χ3v) is 4.89. The standard InChI is InChI=1S/C22H15Cl2FN6O2/c23-13-3-6-18(24)19(7-13)31-21(32)30-15-10-28-22(29-11-15)33-16-4-1-12(2-5-16)17-8-14(25)9-27-20(17)26/h1-11H,(H2,26,27)(H2,30,31,32). The van der Waals surface area contributed by atoms with Gasteiger partial charge in [0.1, 0.15) is 17.4 Å². The molecule has 0 saturated carbocycles. The van der Waals surface area contributed by atoms with Gasteiger partial charge in [-0.15, -0.1) is 0 Å². The Morgan fingerprint density at radius 1 is 0.939 bits per heavy atom. The average molecular weight is 485 g/mol. The Bertz CT molecular complexity index is 1300. The van der Waals surface area contributed by atoms with Crippen molar-refractivity contribution in [3.8, 4) is 22.9 Å². The quantitative estimate of drug-likeness (QED) is 0.319. The van der Waals surface area contributed by atoms with Gasteiger partial charge in [0.15, 0.2) is 0 Å². The summed E-state index contributed by atoms with van der Waals surface area (Å²) in [6.45, 7) is 0. The van der Waals surface area contributed by atoms with Gasteiger partial charge in [0, 0.05) is 10.6 Å². The zero-order valence-electron chi connectivity index (χ0n) is 16.7. The van der Waals surface area contributed by atoms with Gasteiger partial charge < -0.3 is 21.1 Å². The molecule has 4 aromatic rings. The van der Waals surface area contributed by atoms with E-state index < -0.39 is 11.8 Å². The number of nitrogens with two attached hydrogens (primary N) is 1. The lowest BCUT2D eigenvalue weighted by molar-refractivity contribution is 0.262. The van der Waals surface area contributed by atoms with E-state index in [2.05, 4.69) is 25.6 Å². The molecule has 0 aliphatic carbocycles. The molecule has 0 unspecified atom stereocenters. The van der Waals surface area contributed by atoms with E-state index in [0.717, 1.165) is 6.20 Å². The van der Waals surface area contributed by atoms with Gasteiger partial charge in [0.05, 0.1) is 35.0 Å². The summed E-state index contributed by atoms with van der Waals surface area (Å²) in [7, 11) is 0. The van der Waals surface area contributed by atoms with Crippen molar-refractivity contribution in [1.29, 1.82) is 0 Å². The molecule has 0 fully saturated rings. The first-order valence-electron chi connectivity index (χ1n) is 9.42. The summed E-state index contributed by atoms with van der Waals surface area (Å²) in [5, 5.41) is 5.95. The minimum Gasteiger partial charge on any atom is -0.424 e. The molecule has 2 aromatic carbocycles. The van der Waals surface area contributed by atoms with Crippen LogP contribution in [0.5, 0.6) is 11.8 Å². The van der Waals surface area contributed by atoms with Crippen molar-refractivity contribution in [2.45, 2.75) is 0 Å². The number of carbonyl (C=O) groups excluding carboxylic acids is 1. The number of ether oxygens (including phenoxy) is 1. The van der Waals surface area contributed by atoms with Gasteiger partial charge in [0.2, 0.25) is 0 Å². The monoisotopic (exact) mass is 484 g/mol. The Hall–Kier alpha value is -3.95. The highest BCUT2D eigenvalue weighted by Crippen LogP contribution is 2.28. The van der Waals surface area contributed by atoms with Crippen molar-refractivity contribution < 1.29 is 13.9 Å². The van der Waals surface area contributed by atoms with Crippen molar-refractivity contribution in [1.82, 2.24) is 15.0 Å². The molecule has 0 radical (unpaired) electrons. The first-order valence-corrected chi connectivity index (χ1v) is 10.2. The fraction of sp³-hybridized carbons (Fsp3) is 0. The number of amides is 2. The second-order valence-corrected chi connectivity index (χ2v) is 7.51. The lowest BCUT2D eigenvalue weighted by Gasteiger charge is -2.10. The van der Waals surface area contributed by atoms with Crippen LogP contribution in [0.25, 0.3) is 11.1 Å². The number of pyridine rings is 1. The number of nitrogen functional groups attached to an aromatic ring is 1. The summed E-state index contributed by atoms with van der Waals surface area (Å²) in [5.74, 6) is 0.194. The topological polar surface area (TPSA) is 115 Å². The Labute approximate surface area is 197 Å². The summed E-state index contributed by atoms with van der Waals surface area (Å²) in [6.07, 6.45) is 3.83. The molecule has 0 atom stereocenters. The van der Waals surface area contributed by atoms with Crippen molar-refractivity contribution in [3.63, 3.8) is 0 Å². The van der Waals surface area contributed by atoms with Gasteiger partial charge in [-0.25, -0.2) is 24.1 Å². The first-order chi connectivity index (χ1) is 15.9. The van der Waals surface area contributed by atoms with Crippen molar-refractivity contribution in [2.75, 3.05) is 16.4 Å². The Morgan fingerprint density at radius 3 is 2.39 bits per heavy atom. The molecule has 166 valence electrons. The van der Waals surface area contributed by atoms with E-state index in [0.29, 0.717) is 38.3 Å². The fourth-order valence-corrected chi connectivity index (χ4v) is 3.14. The van der Waals surface area contributed by atoms with Crippen LogP contribution in [0.4, 0.5) is 26.4 Å². The van der Waals surface area contributed by atoms with Gasteiger partial charge in [-0.05, 0) is 42.0 Å². The van der Waals surface area contributed by atoms with Crippen LogP contribution < -0.4 is 21.1 Å². The zero-order valence-corrected chi connectivity index (χ0v) is 18.2. The molecule has 2 amide bonds. The van der Waals surface area contributed by atoms with Crippen molar-refractivity contribution in [3.05, 3.63) is 83.0 Å². The number of carbonyl (C=O) groups is 1. The minimum atomic E-state index is -0.543. The normalized spacial score (nSPS) is 10.5. The lowest BCUT2D eigenvalue weighted by Crippen LogP contribution is -2.19. The predicted octanol–water partition coefficient (Wildman–Crippen LogP) is 6.00. The van der Waals surface area contributed by atoms with Crippen LogP contribution in [0, 0.1) is 5.82 Å². The van der Waals surface area contributed by atoms with Gasteiger partial charge >= 0.3 is 12.0 Å². The van der Waals surface area contributed by atoms with E-state index >= 15 is 0 Å². The summed E-state index contributed by atoms with van der Waals surface area (Å²) >= 11 is 11.9. The number of halogens is 3. The van der Waals surface area contributed by atoms with Crippen LogP contribution in [-0.4, -0.2) is 21.0 Å². The molecule has 4 rings (SSSR count). The molecule has 33 heavy (non-hydrogen) atoms. The summed E-state index contributed by atoms with van der Waals surface area (Å²) in [6, 6.07) is 12.3. The molecule has 0 spiro atoms. The van der Waals surface area contributed by atoms with Crippen LogP contribution >= 0.6 is 23.2 Å². The van der Waals surface area contributed by atoms with E-state index in [1.54, 1.807) is 36.4 Å². The molecule has 2 heterocycles. The van der Waals surface area contributed by atoms with E-state index in [4.69, 9.17) is 33.7 Å². The van der Waals surface area contributed by atoms with Crippen molar-refractivity contribution >= 4 is 46.4 Å². The SMILES string of the molecule is Nc1ncc(F)cc1-c1ccc(Oc2ncc(NC(=O)Nc3cc(Cl)ccc3Cl)cn2)cc1. The Kier molecular flexibility index (Phi) is 6.53. The number of benzene rings is 2. The van der Waals surface area contributed by atoms with E-state index in [1.165, 1.54) is 24.5 Å². The number of urea groups is 1. The Morgan fingerprint density at radius 2 is 1.67 bits per heavy atom. The zero-order chi connectivity index (χ0) is 23.4. The maximum atomic E-state index is 13.5. The molecular formula is C22H15Cl2FN6O2. The van der Waals surface area contributed by atoms with Crippen LogP contribution in [0.3, 0.4) is 0 Å². The molecule has 0 aliphatic rings. The summed E-state index contributed by atoms with van der Waals surface area (Å²) < 4.78 is 19.1. The highest BCUT2D eigenvalue weighted by molar-refractivity contribution is 6.35. The number of nitrogens with one attached hydrogen (secondary N) is 2. The number of nitrogens with zero attached hydrogens (tertiary/aromatic N) is 3.